The summed E-state index contributed by atoms with van der Waals surface area (Å²) < 4.78 is 10.7. The van der Waals surface area contributed by atoms with Crippen LogP contribution in [0.3, 0.4) is 0 Å². The molecule has 55 heavy (non-hydrogen) atoms. The maximum atomic E-state index is 13.9. The van der Waals surface area contributed by atoms with Gasteiger partial charge in [-0.25, -0.2) is 19.6 Å². The number of carboxylic acid groups (broad SMARTS) is 1. The highest BCUT2D eigenvalue weighted by atomic mass is 32.2. The van der Waals surface area contributed by atoms with Crippen LogP contribution in [0.2, 0.25) is 0 Å². The molecule has 4 aliphatic heterocycles. The number of β-lactam (4-membered cyclic amide) rings is 2. The van der Waals surface area contributed by atoms with E-state index in [-0.39, 0.29) is 55.9 Å². The number of ether oxygens (including phenoxy) is 2. The zero-order valence-electron chi connectivity index (χ0n) is 28.5. The van der Waals surface area contributed by atoms with E-state index in [1.54, 1.807) is 0 Å². The molecule has 7 N–H and O–H groups in total. The van der Waals surface area contributed by atoms with Gasteiger partial charge < -0.3 is 46.4 Å². The Morgan fingerprint density at radius 3 is 1.78 bits per heavy atom. The van der Waals surface area contributed by atoms with Crippen molar-refractivity contribution in [3.63, 3.8) is 0 Å². The molecule has 2 aromatic rings. The summed E-state index contributed by atoms with van der Waals surface area (Å²) in [5.74, 6) is -7.36. The first-order valence-corrected chi connectivity index (χ1v) is 19.3. The SMILES string of the molecule is CO/N=C(\C(=O)N[C@@H]1C(=O)N2C(C(=O)OC3=C(C(=O)O)N4C(=O)[C@@H](NC(=O)/C(=N\OC)c5csc(N)n5)[C@H]4SC3)=C(COC(C)=O)CS[C@H]12)c1csc(N)n1. The van der Waals surface area contributed by atoms with E-state index in [1.165, 1.54) is 25.0 Å². The molecule has 6 heterocycles. The van der Waals surface area contributed by atoms with Gasteiger partial charge in [0.15, 0.2) is 27.4 Å². The van der Waals surface area contributed by atoms with Gasteiger partial charge in [0.05, 0.1) is 5.75 Å². The fourth-order valence-electron chi connectivity index (χ4n) is 5.60. The number of thioether (sulfide) groups is 2. The van der Waals surface area contributed by atoms with Gasteiger partial charge in [0.2, 0.25) is 0 Å². The highest BCUT2D eigenvalue weighted by Crippen LogP contribution is 2.43. The lowest BCUT2D eigenvalue weighted by atomic mass is 10.0. The molecule has 2 saturated heterocycles. The Hall–Kier alpha value is -5.73. The number of oxime groups is 2. The van der Waals surface area contributed by atoms with E-state index in [0.717, 1.165) is 62.9 Å². The summed E-state index contributed by atoms with van der Waals surface area (Å²) >= 11 is 4.24. The quantitative estimate of drug-likeness (QED) is 0.0672. The van der Waals surface area contributed by atoms with Crippen LogP contribution in [0.5, 0.6) is 0 Å². The second-order valence-corrected chi connectivity index (χ2v) is 15.3. The number of nitrogens with one attached hydrogen (secondary N) is 2. The summed E-state index contributed by atoms with van der Waals surface area (Å²) in [5, 5.41) is 24.1. The predicted molar refractivity (Wildman–Crippen MR) is 195 cm³/mol. The van der Waals surface area contributed by atoms with Crippen molar-refractivity contribution in [2.45, 2.75) is 29.8 Å². The summed E-state index contributed by atoms with van der Waals surface area (Å²) in [5.41, 5.74) is 10.2. The van der Waals surface area contributed by atoms with Crippen molar-refractivity contribution in [1.29, 1.82) is 0 Å². The van der Waals surface area contributed by atoms with Crippen molar-refractivity contribution in [1.82, 2.24) is 30.4 Å². The van der Waals surface area contributed by atoms with Crippen LogP contribution < -0.4 is 22.1 Å². The van der Waals surface area contributed by atoms with Crippen molar-refractivity contribution in [2.75, 3.05) is 43.8 Å². The van der Waals surface area contributed by atoms with Crippen molar-refractivity contribution in [2.24, 2.45) is 10.3 Å². The Labute approximate surface area is 325 Å². The summed E-state index contributed by atoms with van der Waals surface area (Å²) in [6.45, 7) is 0.734. The molecular weight excluding hydrogens is 809 g/mol. The minimum atomic E-state index is -1.62. The highest BCUT2D eigenvalue weighted by molar-refractivity contribution is 8.00. The molecule has 6 rings (SSSR count). The Kier molecular flexibility index (Phi) is 11.3. The number of nitrogen functional groups attached to an aromatic ring is 2. The highest BCUT2D eigenvalue weighted by Gasteiger charge is 2.57. The number of hydrogen-bond donors (Lipinski definition) is 5. The minimum Gasteiger partial charge on any atom is -0.476 e. The van der Waals surface area contributed by atoms with E-state index in [2.05, 4.69) is 30.9 Å². The second-order valence-electron chi connectivity index (χ2n) is 11.3. The van der Waals surface area contributed by atoms with Crippen LogP contribution in [0.4, 0.5) is 10.3 Å². The molecule has 0 bridgehead atoms. The number of nitrogens with two attached hydrogens (primary N) is 2. The Morgan fingerprint density at radius 1 is 0.855 bits per heavy atom. The third-order valence-corrected chi connectivity index (χ3v) is 11.9. The summed E-state index contributed by atoms with van der Waals surface area (Å²) in [4.78, 5) is 111. The van der Waals surface area contributed by atoms with Crippen LogP contribution >= 0.6 is 46.2 Å². The second kappa shape index (κ2) is 15.9. The topological polar surface area (TPSA) is 310 Å². The Balaban J connectivity index is 1.21. The van der Waals surface area contributed by atoms with Crippen LogP contribution in [0, 0.1) is 0 Å². The lowest BCUT2D eigenvalue weighted by molar-refractivity contribution is -0.153. The van der Waals surface area contributed by atoms with Crippen molar-refractivity contribution in [3.05, 3.63) is 44.9 Å². The summed E-state index contributed by atoms with van der Waals surface area (Å²) in [6, 6.07) is -2.37. The van der Waals surface area contributed by atoms with Gasteiger partial charge in [-0.05, 0) is 0 Å². The van der Waals surface area contributed by atoms with Crippen LogP contribution in [0.1, 0.15) is 18.3 Å². The minimum absolute atomic E-state index is 0.0374. The first-order valence-electron chi connectivity index (χ1n) is 15.5. The van der Waals surface area contributed by atoms with E-state index < -0.39 is 82.4 Å². The number of carbonyl (C=O) groups is 7. The van der Waals surface area contributed by atoms with Gasteiger partial charge in [0.1, 0.15) is 66.5 Å². The molecule has 0 aliphatic carbocycles. The van der Waals surface area contributed by atoms with E-state index in [1.807, 2.05) is 0 Å². The number of nitrogens with zero attached hydrogens (tertiary/aromatic N) is 6. The van der Waals surface area contributed by atoms with Crippen LogP contribution in [0.15, 0.2) is 43.8 Å². The van der Waals surface area contributed by atoms with Gasteiger partial charge in [-0.2, -0.15) is 0 Å². The van der Waals surface area contributed by atoms with Crippen LogP contribution in [0.25, 0.3) is 0 Å². The van der Waals surface area contributed by atoms with Gasteiger partial charge in [0, 0.05) is 29.0 Å². The van der Waals surface area contributed by atoms with E-state index >= 15 is 0 Å². The normalized spacial score (nSPS) is 22.2. The number of aliphatic carboxylic acids is 1. The zero-order chi connectivity index (χ0) is 39.7. The molecule has 0 spiro atoms. The number of fused-ring (bicyclic) bond motifs is 2. The van der Waals surface area contributed by atoms with Gasteiger partial charge in [-0.1, -0.05) is 10.3 Å². The number of anilines is 2. The van der Waals surface area contributed by atoms with Crippen molar-refractivity contribution < 1.29 is 57.8 Å². The van der Waals surface area contributed by atoms with Gasteiger partial charge in [0.25, 0.3) is 23.6 Å². The fourth-order valence-corrected chi connectivity index (χ4v) is 9.28. The molecule has 0 aromatic carbocycles. The molecule has 22 nitrogen and oxygen atoms in total. The molecule has 0 unspecified atom stereocenters. The third kappa shape index (κ3) is 7.51. The summed E-state index contributed by atoms with van der Waals surface area (Å²) in [7, 11) is 2.42. The number of esters is 2. The monoisotopic (exact) mass is 836 g/mol. The van der Waals surface area contributed by atoms with Crippen LogP contribution in [-0.4, -0.2) is 133 Å². The predicted octanol–water partition coefficient (Wildman–Crippen LogP) is -1.38. The van der Waals surface area contributed by atoms with Gasteiger partial charge >= 0.3 is 17.9 Å². The fraction of sp³-hybridized carbons (Fsp3) is 0.345. The molecule has 0 radical (unpaired) electrons. The van der Waals surface area contributed by atoms with E-state index in [9.17, 15) is 38.7 Å². The van der Waals surface area contributed by atoms with Crippen molar-refractivity contribution in [3.8, 4) is 0 Å². The largest absolute Gasteiger partial charge is 0.476 e. The number of rotatable bonds is 13. The first kappa shape index (κ1) is 39.0. The number of carboxylic acids is 1. The molecule has 2 aromatic heterocycles. The first-order chi connectivity index (χ1) is 26.2. The molecule has 26 heteroatoms. The lowest BCUT2D eigenvalue weighted by Crippen LogP contribution is -2.71. The maximum absolute atomic E-state index is 13.9. The Bertz CT molecular complexity index is 2130. The summed E-state index contributed by atoms with van der Waals surface area (Å²) in [6.07, 6.45) is 0. The van der Waals surface area contributed by atoms with Gasteiger partial charge in [-0.3, -0.25) is 33.8 Å². The molecule has 290 valence electrons. The molecule has 2 fully saturated rings. The molecule has 4 amide bonds. The number of carbonyl (C=O) groups excluding carboxylic acids is 6. The van der Waals surface area contributed by atoms with E-state index in [0.29, 0.717) is 0 Å². The molecule has 4 aliphatic rings. The number of thiazole rings is 2. The average molecular weight is 837 g/mol. The van der Waals surface area contributed by atoms with Crippen molar-refractivity contribution >= 4 is 109 Å². The number of aromatic nitrogens is 2. The third-order valence-electron chi connectivity index (χ3n) is 7.94. The molecule has 0 saturated carbocycles. The average Bonchev–Trinajstić information content (AvgIpc) is 3.79. The smallest absolute Gasteiger partial charge is 0.360 e. The molecular formula is C29H28N10O12S4. The number of amides is 4. The number of hydrogen-bond acceptors (Lipinski definition) is 21. The van der Waals surface area contributed by atoms with Gasteiger partial charge in [-0.15, -0.1) is 46.2 Å². The standard InChI is InChI=1S/C29H28N10O12S4/c1-9(40)50-4-10-5-52-24-16(34-20(41)14(36-48-2)11-6-54-28(30)32-11)22(43)38(24)18(10)27(47)51-13-8-53-25-17(23(44)39(25)19(13)26(45)46)35-21(42)15(37-49-3)12-7-55-29(31)33-12/h6-7,16-17,24-25H,4-5,8H2,1-3H3,(H2,30,32)(H2,31,33)(H,34,41)(H,35,42)(H,45,46)/b36-14-,37-15-/t16-,17-,24-,25-/m1/s1. The Morgan fingerprint density at radius 2 is 1.35 bits per heavy atom. The zero-order valence-corrected chi connectivity index (χ0v) is 31.8. The molecule has 4 atom stereocenters. The van der Waals surface area contributed by atoms with Crippen LogP contribution in [-0.2, 0) is 52.7 Å². The maximum Gasteiger partial charge on any atom is 0.360 e. The van der Waals surface area contributed by atoms with E-state index in [4.69, 9.17) is 30.6 Å². The lowest BCUT2D eigenvalue weighted by Gasteiger charge is -2.50.